The molecule has 0 spiro atoms. The zero-order valence-electron chi connectivity index (χ0n) is 13.6. The molecule has 1 amide bonds. The maximum Gasteiger partial charge on any atom is 0.219 e. The average Bonchev–Trinajstić information content (AvgIpc) is 2.82. The lowest BCUT2D eigenvalue weighted by Gasteiger charge is -2.33. The van der Waals surface area contributed by atoms with E-state index < -0.39 is 0 Å². The Bertz CT molecular complexity index is 377. The molecule has 1 aliphatic carbocycles. The van der Waals surface area contributed by atoms with E-state index in [9.17, 15) is 4.79 Å². The van der Waals surface area contributed by atoms with Crippen LogP contribution in [0.3, 0.4) is 0 Å². The Balaban J connectivity index is 1.81. The predicted octanol–water partition coefficient (Wildman–Crippen LogP) is 2.78. The minimum absolute atomic E-state index is 0.231. The van der Waals surface area contributed by atoms with Gasteiger partial charge in [0.05, 0.1) is 0 Å². The van der Waals surface area contributed by atoms with Crippen LogP contribution in [0.5, 0.6) is 0 Å². The van der Waals surface area contributed by atoms with Crippen molar-refractivity contribution in [2.75, 3.05) is 33.2 Å². The largest absolute Gasteiger partial charge is 0.343 e. The Morgan fingerprint density at radius 1 is 1.40 bits per heavy atom. The Morgan fingerprint density at radius 3 is 2.75 bits per heavy atom. The van der Waals surface area contributed by atoms with E-state index in [0.717, 1.165) is 31.5 Å². The number of likely N-dealkylation sites (tertiary alicyclic amines) is 1. The minimum atomic E-state index is 0.231. The van der Waals surface area contributed by atoms with Gasteiger partial charge in [0.2, 0.25) is 5.91 Å². The highest BCUT2D eigenvalue weighted by atomic mass is 16.2. The number of hydrogen-bond donors (Lipinski definition) is 0. The molecule has 1 saturated heterocycles. The summed E-state index contributed by atoms with van der Waals surface area (Å²) in [5.41, 5.74) is 1.58. The standard InChI is InChI=1S/C17H30N2O/c1-13-6-5-7-14(2)17(13)12-18(4)10-16-8-9-19(11-16)15(3)20/h6,14,16-17H,5,7-12H2,1-4H3/t14-,16+,17-/m0/s1. The number of nitrogens with zero attached hydrogens (tertiary/aromatic N) is 2. The number of allylic oxidation sites excluding steroid dienone is 1. The van der Waals surface area contributed by atoms with Gasteiger partial charge in [0.15, 0.2) is 0 Å². The van der Waals surface area contributed by atoms with Gasteiger partial charge in [-0.1, -0.05) is 18.6 Å². The van der Waals surface area contributed by atoms with Crippen LogP contribution in [0.4, 0.5) is 0 Å². The molecule has 1 aliphatic heterocycles. The van der Waals surface area contributed by atoms with Crippen LogP contribution in [-0.2, 0) is 4.79 Å². The molecular weight excluding hydrogens is 248 g/mol. The van der Waals surface area contributed by atoms with Crippen LogP contribution in [0.25, 0.3) is 0 Å². The van der Waals surface area contributed by atoms with Crippen molar-refractivity contribution in [3.63, 3.8) is 0 Å². The topological polar surface area (TPSA) is 23.6 Å². The Hall–Kier alpha value is -0.830. The van der Waals surface area contributed by atoms with Crippen LogP contribution in [0.2, 0.25) is 0 Å². The molecule has 1 heterocycles. The van der Waals surface area contributed by atoms with Gasteiger partial charge in [-0.05, 0) is 51.0 Å². The molecular formula is C17H30N2O. The quantitative estimate of drug-likeness (QED) is 0.738. The summed E-state index contributed by atoms with van der Waals surface area (Å²) in [6.45, 7) is 10.6. The van der Waals surface area contributed by atoms with Gasteiger partial charge in [-0.25, -0.2) is 0 Å². The van der Waals surface area contributed by atoms with Crippen molar-refractivity contribution in [2.24, 2.45) is 17.8 Å². The van der Waals surface area contributed by atoms with Gasteiger partial charge in [-0.15, -0.1) is 0 Å². The summed E-state index contributed by atoms with van der Waals surface area (Å²) in [5.74, 6) is 2.42. The van der Waals surface area contributed by atoms with Crippen LogP contribution < -0.4 is 0 Å². The first kappa shape index (κ1) is 15.6. The van der Waals surface area contributed by atoms with Crippen molar-refractivity contribution in [3.05, 3.63) is 11.6 Å². The second kappa shape index (κ2) is 6.75. The lowest BCUT2D eigenvalue weighted by molar-refractivity contribution is -0.127. The number of carbonyl (C=O) groups excluding carboxylic acids is 1. The molecule has 0 aromatic rings. The smallest absolute Gasteiger partial charge is 0.219 e. The van der Waals surface area contributed by atoms with E-state index in [0.29, 0.717) is 5.92 Å². The van der Waals surface area contributed by atoms with Crippen molar-refractivity contribution >= 4 is 5.91 Å². The highest BCUT2D eigenvalue weighted by molar-refractivity contribution is 5.73. The fourth-order valence-electron chi connectivity index (χ4n) is 3.82. The first-order valence-corrected chi connectivity index (χ1v) is 8.08. The van der Waals surface area contributed by atoms with Gasteiger partial charge in [-0.2, -0.15) is 0 Å². The zero-order valence-corrected chi connectivity index (χ0v) is 13.6. The Kier molecular flexibility index (Phi) is 5.25. The van der Waals surface area contributed by atoms with Gasteiger partial charge in [-0.3, -0.25) is 4.79 Å². The Labute approximate surface area is 124 Å². The van der Waals surface area contributed by atoms with Crippen molar-refractivity contribution in [3.8, 4) is 0 Å². The molecule has 3 nitrogen and oxygen atoms in total. The van der Waals surface area contributed by atoms with Gasteiger partial charge >= 0.3 is 0 Å². The number of rotatable bonds is 4. The molecule has 0 unspecified atom stereocenters. The van der Waals surface area contributed by atoms with Crippen molar-refractivity contribution in [1.29, 1.82) is 0 Å². The van der Waals surface area contributed by atoms with Crippen LogP contribution in [-0.4, -0.2) is 48.9 Å². The number of hydrogen-bond acceptors (Lipinski definition) is 2. The molecule has 0 aromatic carbocycles. The fourth-order valence-corrected chi connectivity index (χ4v) is 3.82. The van der Waals surface area contributed by atoms with E-state index in [1.54, 1.807) is 12.5 Å². The molecule has 2 aliphatic rings. The third-order valence-corrected chi connectivity index (χ3v) is 5.17. The molecule has 0 aromatic heterocycles. The molecule has 0 bridgehead atoms. The third-order valence-electron chi connectivity index (χ3n) is 5.17. The molecule has 20 heavy (non-hydrogen) atoms. The second-order valence-corrected chi connectivity index (χ2v) is 6.95. The van der Waals surface area contributed by atoms with Crippen molar-refractivity contribution < 1.29 is 4.79 Å². The lowest BCUT2D eigenvalue weighted by Crippen LogP contribution is -2.35. The van der Waals surface area contributed by atoms with E-state index in [1.807, 2.05) is 4.90 Å². The first-order valence-electron chi connectivity index (χ1n) is 8.08. The zero-order chi connectivity index (χ0) is 14.7. The summed E-state index contributed by atoms with van der Waals surface area (Å²) in [6.07, 6.45) is 6.17. The summed E-state index contributed by atoms with van der Waals surface area (Å²) in [7, 11) is 2.24. The normalized spacial score (nSPS) is 30.8. The molecule has 1 fully saturated rings. The average molecular weight is 278 g/mol. The summed E-state index contributed by atoms with van der Waals surface area (Å²) >= 11 is 0. The number of amides is 1. The van der Waals surface area contributed by atoms with Crippen molar-refractivity contribution in [1.82, 2.24) is 9.80 Å². The van der Waals surface area contributed by atoms with E-state index >= 15 is 0 Å². The monoisotopic (exact) mass is 278 g/mol. The number of carbonyl (C=O) groups is 1. The van der Waals surface area contributed by atoms with Crippen LogP contribution in [0.1, 0.15) is 40.0 Å². The molecule has 3 atom stereocenters. The van der Waals surface area contributed by atoms with Gasteiger partial charge in [0, 0.05) is 33.1 Å². The summed E-state index contributed by atoms with van der Waals surface area (Å²) in [4.78, 5) is 15.9. The summed E-state index contributed by atoms with van der Waals surface area (Å²) in [5, 5.41) is 0. The maximum absolute atomic E-state index is 11.4. The SMILES string of the molecule is CC(=O)N1CC[C@H](CN(C)C[C@H]2C(C)=CCC[C@@H]2C)C1. The molecule has 114 valence electrons. The molecule has 2 rings (SSSR count). The van der Waals surface area contributed by atoms with Crippen LogP contribution in [0, 0.1) is 17.8 Å². The molecule has 0 saturated carbocycles. The Morgan fingerprint density at radius 2 is 2.15 bits per heavy atom. The fraction of sp³-hybridized carbons (Fsp3) is 0.824. The van der Waals surface area contributed by atoms with E-state index in [4.69, 9.17) is 0 Å². The summed E-state index contributed by atoms with van der Waals surface area (Å²) < 4.78 is 0. The third kappa shape index (κ3) is 3.85. The van der Waals surface area contributed by atoms with Crippen LogP contribution in [0.15, 0.2) is 11.6 Å². The van der Waals surface area contributed by atoms with E-state index in [-0.39, 0.29) is 5.91 Å². The minimum Gasteiger partial charge on any atom is -0.343 e. The molecule has 3 heteroatoms. The van der Waals surface area contributed by atoms with E-state index in [1.165, 1.54) is 25.8 Å². The summed E-state index contributed by atoms with van der Waals surface area (Å²) in [6, 6.07) is 0. The van der Waals surface area contributed by atoms with Gasteiger partial charge in [0.25, 0.3) is 0 Å². The molecule has 0 N–H and O–H groups in total. The second-order valence-electron chi connectivity index (χ2n) is 6.95. The van der Waals surface area contributed by atoms with Crippen molar-refractivity contribution in [2.45, 2.75) is 40.0 Å². The van der Waals surface area contributed by atoms with E-state index in [2.05, 4.69) is 31.9 Å². The van der Waals surface area contributed by atoms with Gasteiger partial charge in [0.1, 0.15) is 0 Å². The van der Waals surface area contributed by atoms with Crippen LogP contribution >= 0.6 is 0 Å². The first-order chi connectivity index (χ1) is 9.47. The highest BCUT2D eigenvalue weighted by Gasteiger charge is 2.27. The highest BCUT2D eigenvalue weighted by Crippen LogP contribution is 2.30. The maximum atomic E-state index is 11.4. The van der Waals surface area contributed by atoms with Gasteiger partial charge < -0.3 is 9.80 Å². The lowest BCUT2D eigenvalue weighted by atomic mass is 9.80. The predicted molar refractivity (Wildman–Crippen MR) is 83.5 cm³/mol. The molecule has 0 radical (unpaired) electrons.